The second kappa shape index (κ2) is 14.4. The molecular formula is C56H36F6N2O2. The minimum absolute atomic E-state index is 0.138. The number of alkyl halides is 6. The van der Waals surface area contributed by atoms with Crippen LogP contribution in [0.2, 0.25) is 0 Å². The topological polar surface area (TPSA) is 32.8 Å². The van der Waals surface area contributed by atoms with Crippen LogP contribution < -0.4 is 9.80 Å². The molecule has 10 heteroatoms. The van der Waals surface area contributed by atoms with Crippen molar-refractivity contribution in [3.8, 4) is 0 Å². The van der Waals surface area contributed by atoms with Crippen LogP contribution in [0.25, 0.3) is 71.3 Å². The first-order valence-electron chi connectivity index (χ1n) is 21.6. The smallest absolute Gasteiger partial charge is 0.416 e. The van der Waals surface area contributed by atoms with Crippen LogP contribution in [-0.2, 0) is 12.4 Å². The Morgan fingerprint density at radius 2 is 0.939 bits per heavy atom. The lowest BCUT2D eigenvalue weighted by molar-refractivity contribution is -0.138. The molecule has 1 atom stereocenters. The lowest BCUT2D eigenvalue weighted by Gasteiger charge is -2.29. The number of benzene rings is 9. The second-order valence-corrected chi connectivity index (χ2v) is 17.1. The molecule has 0 saturated carbocycles. The lowest BCUT2D eigenvalue weighted by atomic mass is 9.91. The Hall–Kier alpha value is -7.72. The van der Waals surface area contributed by atoms with Crippen molar-refractivity contribution in [2.24, 2.45) is 0 Å². The van der Waals surface area contributed by atoms with E-state index in [4.69, 9.17) is 8.83 Å². The summed E-state index contributed by atoms with van der Waals surface area (Å²) in [5, 5.41) is 8.04. The van der Waals surface area contributed by atoms with E-state index in [9.17, 15) is 26.3 Å². The first-order valence-corrected chi connectivity index (χ1v) is 21.6. The van der Waals surface area contributed by atoms with E-state index in [0.717, 1.165) is 107 Å². The molecule has 0 aliphatic heterocycles. The van der Waals surface area contributed by atoms with Crippen LogP contribution in [0, 0.1) is 6.92 Å². The standard InChI is InChI=1S/C56H36F6N2O2/c1-31-7-3-9-39-41-11-5-13-47(53(41)65-51(31)39)63(37-23-19-35(20-24-37)55(57,58)59)45-29-17-33-16-28-44-46(30-18-34-15-27-43(45)49(33)50(34)44)64(38-25-21-36(22-26-38)56(60,61)62)48-14-6-12-42-40-10-4-8-32(2)52(40)66-54(42)48/h3-7,9-30,32H,8H2,1-2H3. The van der Waals surface area contributed by atoms with Gasteiger partial charge in [0.2, 0.25) is 0 Å². The van der Waals surface area contributed by atoms with Crippen molar-refractivity contribution in [1.82, 2.24) is 0 Å². The number of hydrogen-bond donors (Lipinski definition) is 0. The normalized spacial score (nSPS) is 14.4. The summed E-state index contributed by atoms with van der Waals surface area (Å²) in [6.07, 6.45) is -4.03. The number of hydrogen-bond acceptors (Lipinski definition) is 4. The Labute approximate surface area is 373 Å². The van der Waals surface area contributed by atoms with E-state index in [2.05, 4.69) is 19.1 Å². The van der Waals surface area contributed by atoms with E-state index >= 15 is 0 Å². The summed E-state index contributed by atoms with van der Waals surface area (Å²) < 4.78 is 97.4. The molecule has 0 N–H and O–H groups in total. The molecule has 11 aromatic rings. The zero-order valence-electron chi connectivity index (χ0n) is 35.4. The first kappa shape index (κ1) is 39.8. The monoisotopic (exact) mass is 882 g/mol. The highest BCUT2D eigenvalue weighted by Gasteiger charge is 2.33. The molecule has 2 aromatic heterocycles. The maximum atomic E-state index is 14.0. The maximum Gasteiger partial charge on any atom is 0.416 e. The Morgan fingerprint density at radius 3 is 1.47 bits per heavy atom. The van der Waals surface area contributed by atoms with Crippen LogP contribution in [0.4, 0.5) is 60.5 Å². The van der Waals surface area contributed by atoms with E-state index < -0.39 is 23.5 Å². The molecule has 12 rings (SSSR count). The summed E-state index contributed by atoms with van der Waals surface area (Å²) in [5.74, 6) is 1.000. The Morgan fingerprint density at radius 1 is 0.470 bits per heavy atom. The van der Waals surface area contributed by atoms with Crippen molar-refractivity contribution in [2.45, 2.75) is 38.5 Å². The summed E-state index contributed by atoms with van der Waals surface area (Å²) in [4.78, 5) is 3.92. The summed E-state index contributed by atoms with van der Waals surface area (Å²) in [6.45, 7) is 4.09. The van der Waals surface area contributed by atoms with Gasteiger partial charge in [0.1, 0.15) is 11.3 Å². The van der Waals surface area contributed by atoms with E-state index in [0.29, 0.717) is 39.6 Å². The number of para-hydroxylation sites is 3. The van der Waals surface area contributed by atoms with Gasteiger partial charge in [0.05, 0.1) is 33.9 Å². The van der Waals surface area contributed by atoms with Crippen molar-refractivity contribution < 1.29 is 35.2 Å². The molecule has 0 radical (unpaired) electrons. The molecule has 0 spiro atoms. The van der Waals surface area contributed by atoms with Gasteiger partial charge in [0, 0.05) is 49.8 Å². The first-order chi connectivity index (χ1) is 31.8. The van der Waals surface area contributed by atoms with E-state index in [1.807, 2.05) is 120 Å². The van der Waals surface area contributed by atoms with Gasteiger partial charge in [-0.3, -0.25) is 0 Å². The molecule has 1 aliphatic rings. The third-order valence-corrected chi connectivity index (χ3v) is 13.2. The van der Waals surface area contributed by atoms with Crippen LogP contribution in [0.1, 0.15) is 47.3 Å². The van der Waals surface area contributed by atoms with E-state index in [-0.39, 0.29) is 5.92 Å². The van der Waals surface area contributed by atoms with Gasteiger partial charge in [0.25, 0.3) is 0 Å². The highest BCUT2D eigenvalue weighted by molar-refractivity contribution is 6.28. The third-order valence-electron chi connectivity index (χ3n) is 13.2. The molecular weight excluding hydrogens is 847 g/mol. The lowest BCUT2D eigenvalue weighted by Crippen LogP contribution is -2.13. The van der Waals surface area contributed by atoms with Gasteiger partial charge < -0.3 is 18.6 Å². The van der Waals surface area contributed by atoms with Crippen LogP contribution in [-0.4, -0.2) is 0 Å². The number of aryl methyl sites for hydroxylation is 1. The minimum Gasteiger partial charge on any atom is -0.458 e. The van der Waals surface area contributed by atoms with Crippen LogP contribution >= 0.6 is 0 Å². The van der Waals surface area contributed by atoms with Gasteiger partial charge in [-0.2, -0.15) is 26.3 Å². The maximum absolute atomic E-state index is 14.0. The zero-order valence-corrected chi connectivity index (χ0v) is 35.4. The molecule has 324 valence electrons. The SMILES string of the molecule is Cc1cccc2c1oc1c(N(c3ccc(C(F)(F)F)cc3)c3ccc4ccc5c(N(c6ccc(C(F)(F)F)cc6)c6cccc7c8c(oc67)C(C)CC=C8)ccc6ccc3c4c65)cccc12. The number of allylic oxidation sites excluding steroid dienone is 1. The van der Waals surface area contributed by atoms with Gasteiger partial charge in [0.15, 0.2) is 11.2 Å². The predicted octanol–water partition coefficient (Wildman–Crippen LogP) is 18.0. The number of furan rings is 2. The average molecular weight is 883 g/mol. The predicted molar refractivity (Wildman–Crippen MR) is 253 cm³/mol. The third kappa shape index (κ3) is 6.07. The fourth-order valence-corrected chi connectivity index (χ4v) is 10.1. The molecule has 0 bridgehead atoms. The quantitative estimate of drug-likeness (QED) is 0.123. The number of fused-ring (bicyclic) bond motifs is 6. The summed E-state index contributed by atoms with van der Waals surface area (Å²) in [5.41, 5.74) is 6.09. The fraction of sp³-hybridized carbons (Fsp3) is 0.107. The fourth-order valence-electron chi connectivity index (χ4n) is 10.1. The largest absolute Gasteiger partial charge is 0.458 e. The molecule has 1 unspecified atom stereocenters. The van der Waals surface area contributed by atoms with Crippen LogP contribution in [0.15, 0.2) is 167 Å². The Kier molecular flexibility index (Phi) is 8.69. The summed E-state index contributed by atoms with van der Waals surface area (Å²) >= 11 is 0. The summed E-state index contributed by atoms with van der Waals surface area (Å²) in [7, 11) is 0. The van der Waals surface area contributed by atoms with Gasteiger partial charge in [-0.05, 0) is 113 Å². The van der Waals surface area contributed by atoms with E-state index in [1.54, 1.807) is 0 Å². The van der Waals surface area contributed by atoms with Gasteiger partial charge >= 0.3 is 12.4 Å². The van der Waals surface area contributed by atoms with Crippen molar-refractivity contribution in [3.63, 3.8) is 0 Å². The van der Waals surface area contributed by atoms with E-state index in [1.165, 1.54) is 24.3 Å². The van der Waals surface area contributed by atoms with Crippen LogP contribution in [0.5, 0.6) is 0 Å². The number of anilines is 6. The van der Waals surface area contributed by atoms with Crippen molar-refractivity contribution in [3.05, 3.63) is 186 Å². The summed E-state index contributed by atoms with van der Waals surface area (Å²) in [6, 6.07) is 44.1. The zero-order chi connectivity index (χ0) is 45.2. The number of halogens is 6. The molecule has 1 aliphatic carbocycles. The van der Waals surface area contributed by atoms with Gasteiger partial charge in [-0.25, -0.2) is 0 Å². The van der Waals surface area contributed by atoms with Gasteiger partial charge in [-0.15, -0.1) is 0 Å². The van der Waals surface area contributed by atoms with Crippen molar-refractivity contribution >= 4 is 105 Å². The molecule has 0 saturated heterocycles. The highest BCUT2D eigenvalue weighted by Crippen LogP contribution is 2.51. The van der Waals surface area contributed by atoms with Gasteiger partial charge in [-0.1, -0.05) is 97.9 Å². The number of rotatable bonds is 6. The minimum atomic E-state index is -4.53. The molecule has 0 amide bonds. The van der Waals surface area contributed by atoms with Crippen molar-refractivity contribution in [2.75, 3.05) is 9.80 Å². The molecule has 9 aromatic carbocycles. The average Bonchev–Trinajstić information content (AvgIpc) is 3.90. The highest BCUT2D eigenvalue weighted by atomic mass is 19.4. The molecule has 2 heterocycles. The number of nitrogens with zero attached hydrogens (tertiary/aromatic N) is 2. The molecule has 66 heavy (non-hydrogen) atoms. The Balaban J connectivity index is 1.12. The Bertz CT molecular complexity index is 3750. The second-order valence-electron chi connectivity index (χ2n) is 17.1. The van der Waals surface area contributed by atoms with Crippen LogP contribution in [0.3, 0.4) is 0 Å². The van der Waals surface area contributed by atoms with Crippen molar-refractivity contribution in [1.29, 1.82) is 0 Å². The molecule has 4 nitrogen and oxygen atoms in total. The molecule has 0 fully saturated rings.